The van der Waals surface area contributed by atoms with Crippen LogP contribution < -0.4 is 5.32 Å². The van der Waals surface area contributed by atoms with Crippen molar-refractivity contribution in [1.82, 2.24) is 10.1 Å². The van der Waals surface area contributed by atoms with E-state index in [-0.39, 0.29) is 29.1 Å². The molecule has 0 atom stereocenters. The molecular weight excluding hydrogens is 411 g/mol. The first-order chi connectivity index (χ1) is 14.8. The lowest BCUT2D eigenvalue weighted by Gasteiger charge is -2.13. The second-order valence-corrected chi connectivity index (χ2v) is 6.86. The number of nitrogens with zero attached hydrogens (tertiary/aromatic N) is 2. The molecule has 0 aliphatic rings. The second-order valence-electron chi connectivity index (χ2n) is 6.86. The standard InChI is InChI=1S/C22H16F3N3O3/c1-12-19-16(20(30)26-14-6-4-5-13(9-14)11-29)10-18(27-21(19)31-28-12)15-7-2-3-8-17(15)22(23,24)25/h2-10,29H,11H2,1H3,(H,26,30). The van der Waals surface area contributed by atoms with Gasteiger partial charge in [0, 0.05) is 11.3 Å². The minimum atomic E-state index is -4.60. The van der Waals surface area contributed by atoms with Crippen molar-refractivity contribution in [3.8, 4) is 11.3 Å². The minimum Gasteiger partial charge on any atom is -0.392 e. The summed E-state index contributed by atoms with van der Waals surface area (Å²) in [5.74, 6) is -0.570. The minimum absolute atomic E-state index is 0.0405. The Bertz CT molecular complexity index is 1280. The largest absolute Gasteiger partial charge is 0.417 e. The van der Waals surface area contributed by atoms with Crippen LogP contribution in [0.1, 0.15) is 27.2 Å². The number of aromatic nitrogens is 2. The molecule has 2 heterocycles. The summed E-state index contributed by atoms with van der Waals surface area (Å²) in [7, 11) is 0. The van der Waals surface area contributed by atoms with E-state index in [0.717, 1.165) is 6.07 Å². The highest BCUT2D eigenvalue weighted by molar-refractivity contribution is 6.13. The van der Waals surface area contributed by atoms with Gasteiger partial charge in [-0.3, -0.25) is 4.79 Å². The van der Waals surface area contributed by atoms with Gasteiger partial charge in [-0.1, -0.05) is 35.5 Å². The topological polar surface area (TPSA) is 88.2 Å². The molecule has 0 bridgehead atoms. The Morgan fingerprint density at radius 2 is 1.90 bits per heavy atom. The zero-order chi connectivity index (χ0) is 22.2. The summed E-state index contributed by atoms with van der Waals surface area (Å²) in [5, 5.41) is 16.1. The van der Waals surface area contributed by atoms with Crippen molar-refractivity contribution in [2.45, 2.75) is 19.7 Å². The lowest BCUT2D eigenvalue weighted by molar-refractivity contribution is -0.137. The Labute approximate surface area is 174 Å². The van der Waals surface area contributed by atoms with E-state index in [1.54, 1.807) is 31.2 Å². The molecule has 2 N–H and O–H groups in total. The first-order valence-electron chi connectivity index (χ1n) is 9.22. The van der Waals surface area contributed by atoms with E-state index in [1.807, 2.05) is 0 Å². The molecule has 0 radical (unpaired) electrons. The normalized spacial score (nSPS) is 11.6. The molecule has 0 spiro atoms. The highest BCUT2D eigenvalue weighted by Gasteiger charge is 2.34. The molecule has 6 nitrogen and oxygen atoms in total. The molecule has 158 valence electrons. The van der Waals surface area contributed by atoms with Gasteiger partial charge in [0.25, 0.3) is 11.6 Å². The summed E-state index contributed by atoms with van der Waals surface area (Å²) in [4.78, 5) is 17.2. The molecule has 0 aliphatic carbocycles. The molecule has 31 heavy (non-hydrogen) atoms. The van der Waals surface area contributed by atoms with Crippen LogP contribution in [0.4, 0.5) is 18.9 Å². The van der Waals surface area contributed by atoms with Gasteiger partial charge in [0.2, 0.25) is 0 Å². The van der Waals surface area contributed by atoms with Crippen LogP contribution in [-0.2, 0) is 12.8 Å². The van der Waals surface area contributed by atoms with Gasteiger partial charge < -0.3 is 14.9 Å². The highest BCUT2D eigenvalue weighted by Crippen LogP contribution is 2.37. The van der Waals surface area contributed by atoms with Crippen LogP contribution >= 0.6 is 0 Å². The first-order valence-corrected chi connectivity index (χ1v) is 9.22. The number of anilines is 1. The average Bonchev–Trinajstić information content (AvgIpc) is 3.13. The number of alkyl halides is 3. The molecule has 1 amide bonds. The van der Waals surface area contributed by atoms with Gasteiger partial charge in [0.05, 0.1) is 34.5 Å². The highest BCUT2D eigenvalue weighted by atomic mass is 19.4. The number of halogens is 3. The smallest absolute Gasteiger partial charge is 0.392 e. The molecular formula is C22H16F3N3O3. The van der Waals surface area contributed by atoms with Crippen molar-refractivity contribution in [1.29, 1.82) is 0 Å². The number of benzene rings is 2. The van der Waals surface area contributed by atoms with Crippen LogP contribution in [0, 0.1) is 6.92 Å². The van der Waals surface area contributed by atoms with Crippen molar-refractivity contribution in [2.24, 2.45) is 0 Å². The van der Waals surface area contributed by atoms with E-state index >= 15 is 0 Å². The van der Waals surface area contributed by atoms with E-state index < -0.39 is 17.6 Å². The zero-order valence-corrected chi connectivity index (χ0v) is 16.2. The molecule has 0 saturated carbocycles. The van der Waals surface area contributed by atoms with Crippen LogP contribution in [0.2, 0.25) is 0 Å². The van der Waals surface area contributed by atoms with Crippen molar-refractivity contribution >= 4 is 22.7 Å². The molecule has 9 heteroatoms. The molecule has 0 fully saturated rings. The molecule has 2 aromatic carbocycles. The fourth-order valence-electron chi connectivity index (χ4n) is 3.31. The average molecular weight is 427 g/mol. The van der Waals surface area contributed by atoms with Gasteiger partial charge in [0.1, 0.15) is 0 Å². The van der Waals surface area contributed by atoms with E-state index in [1.165, 1.54) is 24.3 Å². The summed E-state index contributed by atoms with van der Waals surface area (Å²) in [6.07, 6.45) is -4.60. The van der Waals surface area contributed by atoms with Gasteiger partial charge in [-0.25, -0.2) is 4.98 Å². The maximum atomic E-state index is 13.5. The first kappa shape index (κ1) is 20.5. The van der Waals surface area contributed by atoms with Crippen LogP contribution in [0.15, 0.2) is 59.1 Å². The van der Waals surface area contributed by atoms with Crippen molar-refractivity contribution in [3.63, 3.8) is 0 Å². The molecule has 4 aromatic rings. The van der Waals surface area contributed by atoms with Gasteiger partial charge in [0.15, 0.2) is 0 Å². The number of nitrogens with one attached hydrogen (secondary N) is 1. The van der Waals surface area contributed by atoms with Crippen LogP contribution in [0.3, 0.4) is 0 Å². The summed E-state index contributed by atoms with van der Waals surface area (Å²) in [6.45, 7) is 1.41. The number of aliphatic hydroxyl groups is 1. The predicted octanol–water partition coefficient (Wildman–Crippen LogP) is 4.96. The molecule has 0 unspecified atom stereocenters. The van der Waals surface area contributed by atoms with Crippen LogP contribution in [-0.4, -0.2) is 21.2 Å². The number of pyridine rings is 1. The Kier molecular flexibility index (Phi) is 5.20. The molecule has 0 aliphatic heterocycles. The third-order valence-corrected chi connectivity index (χ3v) is 4.74. The SMILES string of the molecule is Cc1noc2nc(-c3ccccc3C(F)(F)F)cc(C(=O)Nc3cccc(CO)c3)c12. The number of hydrogen-bond acceptors (Lipinski definition) is 5. The van der Waals surface area contributed by atoms with Crippen molar-refractivity contribution in [3.05, 3.63) is 77.0 Å². The fourth-order valence-corrected chi connectivity index (χ4v) is 3.31. The summed E-state index contributed by atoms with van der Waals surface area (Å²) in [5.41, 5.74) is 0.318. The third kappa shape index (κ3) is 3.99. The van der Waals surface area contributed by atoms with Gasteiger partial charge in [-0.2, -0.15) is 13.2 Å². The van der Waals surface area contributed by atoms with Gasteiger partial charge in [-0.15, -0.1) is 0 Å². The summed E-state index contributed by atoms with van der Waals surface area (Å²) < 4.78 is 45.7. The lowest BCUT2D eigenvalue weighted by atomic mass is 10.0. The number of carbonyl (C=O) groups excluding carboxylic acids is 1. The number of hydrogen-bond donors (Lipinski definition) is 2. The Morgan fingerprint density at radius 3 is 2.65 bits per heavy atom. The fraction of sp³-hybridized carbons (Fsp3) is 0.136. The van der Waals surface area contributed by atoms with E-state index in [9.17, 15) is 23.1 Å². The predicted molar refractivity (Wildman–Crippen MR) is 107 cm³/mol. The van der Waals surface area contributed by atoms with Crippen molar-refractivity contribution < 1.29 is 27.6 Å². The Morgan fingerprint density at radius 1 is 1.13 bits per heavy atom. The summed E-state index contributed by atoms with van der Waals surface area (Å²) in [6, 6.07) is 12.9. The molecule has 4 rings (SSSR count). The van der Waals surface area contributed by atoms with E-state index in [2.05, 4.69) is 15.5 Å². The number of amides is 1. The van der Waals surface area contributed by atoms with Crippen LogP contribution in [0.5, 0.6) is 0 Å². The number of aryl methyl sites for hydroxylation is 1. The summed E-state index contributed by atoms with van der Waals surface area (Å²) >= 11 is 0. The number of aliphatic hydroxyl groups excluding tert-OH is 1. The van der Waals surface area contributed by atoms with Gasteiger partial charge in [-0.05, 0) is 36.8 Å². The Balaban J connectivity index is 1.84. The molecule has 2 aromatic heterocycles. The molecule has 0 saturated heterocycles. The number of rotatable bonds is 4. The quantitative estimate of drug-likeness (QED) is 0.481. The zero-order valence-electron chi connectivity index (χ0n) is 16.2. The number of carbonyl (C=O) groups is 1. The van der Waals surface area contributed by atoms with Gasteiger partial charge >= 0.3 is 6.18 Å². The third-order valence-electron chi connectivity index (χ3n) is 4.74. The van der Waals surface area contributed by atoms with Crippen molar-refractivity contribution in [2.75, 3.05) is 5.32 Å². The van der Waals surface area contributed by atoms with Crippen LogP contribution in [0.25, 0.3) is 22.4 Å². The maximum absolute atomic E-state index is 13.5. The monoisotopic (exact) mass is 427 g/mol. The number of fused-ring (bicyclic) bond motifs is 1. The lowest BCUT2D eigenvalue weighted by Crippen LogP contribution is -2.14. The maximum Gasteiger partial charge on any atom is 0.417 e. The van der Waals surface area contributed by atoms with E-state index in [0.29, 0.717) is 22.3 Å². The van der Waals surface area contributed by atoms with E-state index in [4.69, 9.17) is 4.52 Å². The second kappa shape index (κ2) is 7.84. The Hall–Kier alpha value is -3.72.